The maximum atomic E-state index is 11.8. The number of hydrogen-bond donors (Lipinski definition) is 1. The van der Waals surface area contributed by atoms with Crippen LogP contribution in [0.25, 0.3) is 0 Å². The molecule has 0 saturated carbocycles. The Kier molecular flexibility index (Phi) is 4.96. The molecule has 1 atom stereocenters. The smallest absolute Gasteiger partial charge is 0.197 e. The molecule has 84 valence electrons. The van der Waals surface area contributed by atoms with Gasteiger partial charge in [0.2, 0.25) is 0 Å². The van der Waals surface area contributed by atoms with Gasteiger partial charge >= 0.3 is 0 Å². The summed E-state index contributed by atoms with van der Waals surface area (Å²) in [5, 5.41) is 8.59. The first-order chi connectivity index (χ1) is 7.69. The summed E-state index contributed by atoms with van der Waals surface area (Å²) in [4.78, 5) is 15.7. The molecule has 0 fully saturated rings. The minimum atomic E-state index is -0.507. The fraction of sp³-hybridized carbons (Fsp3) is 0.364. The first kappa shape index (κ1) is 12.7. The Balaban J connectivity index is 2.69. The molecule has 2 N–H and O–H groups in total. The van der Waals surface area contributed by atoms with Gasteiger partial charge in [0.1, 0.15) is 11.8 Å². The SMILES string of the molecule is CSCC[C@H](N)C(=O)c1ccc(C#N)cn1. The number of Topliss-reactive ketones (excluding diaryl/α,β-unsaturated/α-hetero) is 1. The highest BCUT2D eigenvalue weighted by Gasteiger charge is 2.16. The van der Waals surface area contributed by atoms with E-state index in [4.69, 9.17) is 11.0 Å². The maximum absolute atomic E-state index is 11.8. The summed E-state index contributed by atoms with van der Waals surface area (Å²) in [6.07, 6.45) is 3.99. The Labute approximate surface area is 98.9 Å². The van der Waals surface area contributed by atoms with Crippen LogP contribution in [-0.2, 0) is 0 Å². The molecule has 0 unspecified atom stereocenters. The lowest BCUT2D eigenvalue weighted by atomic mass is 10.1. The van der Waals surface area contributed by atoms with E-state index in [9.17, 15) is 4.79 Å². The average Bonchev–Trinajstić information content (AvgIpc) is 2.35. The van der Waals surface area contributed by atoms with Crippen LogP contribution in [0.2, 0.25) is 0 Å². The number of aromatic nitrogens is 1. The number of carbonyl (C=O) groups is 1. The average molecular weight is 235 g/mol. The molecule has 0 aromatic carbocycles. The van der Waals surface area contributed by atoms with Crippen LogP contribution in [0, 0.1) is 11.3 Å². The van der Waals surface area contributed by atoms with E-state index in [0.29, 0.717) is 17.7 Å². The molecule has 0 aliphatic rings. The molecule has 5 heteroatoms. The summed E-state index contributed by atoms with van der Waals surface area (Å²) in [6, 6.07) is 4.55. The van der Waals surface area contributed by atoms with Crippen molar-refractivity contribution in [3.05, 3.63) is 29.6 Å². The zero-order valence-corrected chi connectivity index (χ0v) is 9.83. The van der Waals surface area contributed by atoms with E-state index in [2.05, 4.69) is 4.98 Å². The van der Waals surface area contributed by atoms with Gasteiger partial charge in [0.05, 0.1) is 11.6 Å². The van der Waals surface area contributed by atoms with Gasteiger partial charge in [-0.25, -0.2) is 0 Å². The second kappa shape index (κ2) is 6.26. The molecule has 4 nitrogen and oxygen atoms in total. The first-order valence-electron chi connectivity index (χ1n) is 4.84. The van der Waals surface area contributed by atoms with E-state index < -0.39 is 6.04 Å². The molecule has 0 spiro atoms. The van der Waals surface area contributed by atoms with E-state index >= 15 is 0 Å². The lowest BCUT2D eigenvalue weighted by Gasteiger charge is -2.08. The third-order valence-electron chi connectivity index (χ3n) is 2.11. The minimum absolute atomic E-state index is 0.168. The number of rotatable bonds is 5. The lowest BCUT2D eigenvalue weighted by Crippen LogP contribution is -2.31. The van der Waals surface area contributed by atoms with Crippen LogP contribution in [0.5, 0.6) is 0 Å². The van der Waals surface area contributed by atoms with E-state index in [1.807, 2.05) is 12.3 Å². The van der Waals surface area contributed by atoms with Gasteiger partial charge in [0, 0.05) is 6.20 Å². The van der Waals surface area contributed by atoms with Gasteiger partial charge in [-0.3, -0.25) is 9.78 Å². The van der Waals surface area contributed by atoms with Gasteiger partial charge < -0.3 is 5.73 Å². The maximum Gasteiger partial charge on any atom is 0.197 e. The van der Waals surface area contributed by atoms with Crippen molar-refractivity contribution in [2.75, 3.05) is 12.0 Å². The highest BCUT2D eigenvalue weighted by Crippen LogP contribution is 2.06. The van der Waals surface area contributed by atoms with Crippen molar-refractivity contribution in [1.82, 2.24) is 4.98 Å². The van der Waals surface area contributed by atoms with Crippen LogP contribution in [0.1, 0.15) is 22.5 Å². The van der Waals surface area contributed by atoms with E-state index in [1.54, 1.807) is 23.9 Å². The second-order valence-electron chi connectivity index (χ2n) is 3.30. The summed E-state index contributed by atoms with van der Waals surface area (Å²) in [6.45, 7) is 0. The molecule has 16 heavy (non-hydrogen) atoms. The molecule has 0 amide bonds. The summed E-state index contributed by atoms with van der Waals surface area (Å²) in [5.41, 5.74) is 6.50. The number of pyridine rings is 1. The standard InChI is InChI=1S/C11H13N3OS/c1-16-5-4-9(13)11(15)10-3-2-8(6-12)7-14-10/h2-3,7,9H,4-5,13H2,1H3/t9-/m0/s1. The zero-order valence-electron chi connectivity index (χ0n) is 9.01. The molecule has 1 rings (SSSR count). The van der Waals surface area contributed by atoms with Gasteiger partial charge in [-0.05, 0) is 30.6 Å². The topological polar surface area (TPSA) is 79.8 Å². The van der Waals surface area contributed by atoms with Crippen LogP contribution in [0.3, 0.4) is 0 Å². The van der Waals surface area contributed by atoms with Crippen LogP contribution < -0.4 is 5.73 Å². The highest BCUT2D eigenvalue weighted by molar-refractivity contribution is 7.98. The molecule has 0 bridgehead atoms. The lowest BCUT2D eigenvalue weighted by molar-refractivity contribution is 0.0955. The normalized spacial score (nSPS) is 11.8. The molecule has 0 radical (unpaired) electrons. The quantitative estimate of drug-likeness (QED) is 0.776. The molecule has 1 aromatic heterocycles. The van der Waals surface area contributed by atoms with Gasteiger partial charge in [-0.1, -0.05) is 0 Å². The van der Waals surface area contributed by atoms with Crippen molar-refractivity contribution in [2.24, 2.45) is 5.73 Å². The number of nitrogens with zero attached hydrogens (tertiary/aromatic N) is 2. The molecule has 0 aliphatic carbocycles. The van der Waals surface area contributed by atoms with Crippen LogP contribution in [0.4, 0.5) is 0 Å². The minimum Gasteiger partial charge on any atom is -0.321 e. The van der Waals surface area contributed by atoms with Crippen molar-refractivity contribution < 1.29 is 4.79 Å². The molecule has 1 aromatic rings. The fourth-order valence-corrected chi connectivity index (χ4v) is 1.66. The molecule has 1 heterocycles. The Hall–Kier alpha value is -1.38. The van der Waals surface area contributed by atoms with Crippen LogP contribution in [0.15, 0.2) is 18.3 Å². The molecular weight excluding hydrogens is 222 g/mol. The Morgan fingerprint density at radius 3 is 2.94 bits per heavy atom. The van der Waals surface area contributed by atoms with E-state index in [1.165, 1.54) is 6.20 Å². The third kappa shape index (κ3) is 3.33. The first-order valence-corrected chi connectivity index (χ1v) is 6.23. The largest absolute Gasteiger partial charge is 0.321 e. The molecule has 0 aliphatic heterocycles. The monoisotopic (exact) mass is 235 g/mol. The van der Waals surface area contributed by atoms with Gasteiger partial charge in [-0.2, -0.15) is 17.0 Å². The molecule has 0 saturated heterocycles. The van der Waals surface area contributed by atoms with Crippen molar-refractivity contribution in [2.45, 2.75) is 12.5 Å². The fourth-order valence-electron chi connectivity index (χ4n) is 1.17. The number of carbonyl (C=O) groups excluding carboxylic acids is 1. The van der Waals surface area contributed by atoms with Crippen LogP contribution >= 0.6 is 11.8 Å². The van der Waals surface area contributed by atoms with Crippen molar-refractivity contribution in [3.63, 3.8) is 0 Å². The summed E-state index contributed by atoms with van der Waals surface area (Å²) in [5.74, 6) is 0.682. The third-order valence-corrected chi connectivity index (χ3v) is 2.76. The number of hydrogen-bond acceptors (Lipinski definition) is 5. The van der Waals surface area contributed by atoms with Gasteiger partial charge in [-0.15, -0.1) is 0 Å². The Bertz CT molecular complexity index is 397. The van der Waals surface area contributed by atoms with E-state index in [-0.39, 0.29) is 5.78 Å². The van der Waals surface area contributed by atoms with E-state index in [0.717, 1.165) is 5.75 Å². The summed E-state index contributed by atoms with van der Waals surface area (Å²) in [7, 11) is 0. The summed E-state index contributed by atoms with van der Waals surface area (Å²) < 4.78 is 0. The van der Waals surface area contributed by atoms with Crippen molar-refractivity contribution in [1.29, 1.82) is 5.26 Å². The zero-order chi connectivity index (χ0) is 12.0. The number of nitriles is 1. The number of ketones is 1. The Morgan fingerprint density at radius 2 is 2.44 bits per heavy atom. The number of thioether (sulfide) groups is 1. The van der Waals surface area contributed by atoms with Gasteiger partial charge in [0.25, 0.3) is 0 Å². The van der Waals surface area contributed by atoms with Crippen molar-refractivity contribution >= 4 is 17.5 Å². The second-order valence-corrected chi connectivity index (χ2v) is 4.28. The Morgan fingerprint density at radius 1 is 1.69 bits per heavy atom. The van der Waals surface area contributed by atoms with Crippen molar-refractivity contribution in [3.8, 4) is 6.07 Å². The molecular formula is C11H13N3OS. The predicted molar refractivity (Wildman–Crippen MR) is 64.3 cm³/mol. The van der Waals surface area contributed by atoms with Gasteiger partial charge in [0.15, 0.2) is 5.78 Å². The predicted octanol–water partition coefficient (Wildman–Crippen LogP) is 1.22. The number of nitrogens with two attached hydrogens (primary N) is 1. The highest BCUT2D eigenvalue weighted by atomic mass is 32.2. The summed E-state index contributed by atoms with van der Waals surface area (Å²) >= 11 is 1.65. The van der Waals surface area contributed by atoms with Crippen LogP contribution in [-0.4, -0.2) is 28.8 Å².